The quantitative estimate of drug-likeness (QED) is 0.419. The summed E-state index contributed by atoms with van der Waals surface area (Å²) in [6, 6.07) is 25.5. The maximum Gasteiger partial charge on any atom is 0.251 e. The van der Waals surface area contributed by atoms with E-state index in [1.807, 2.05) is 85.4 Å². The molecule has 34 heavy (non-hydrogen) atoms. The zero-order valence-corrected chi connectivity index (χ0v) is 19.4. The third-order valence-electron chi connectivity index (χ3n) is 5.73. The van der Waals surface area contributed by atoms with Crippen LogP contribution in [0.2, 0.25) is 0 Å². The van der Waals surface area contributed by atoms with Crippen molar-refractivity contribution < 1.29 is 9.59 Å². The third-order valence-corrected chi connectivity index (χ3v) is 5.73. The summed E-state index contributed by atoms with van der Waals surface area (Å²) in [6.45, 7) is 4.82. The van der Waals surface area contributed by atoms with Crippen LogP contribution in [0.4, 0.5) is 0 Å². The van der Waals surface area contributed by atoms with Crippen LogP contribution in [0.1, 0.15) is 32.6 Å². The smallest absolute Gasteiger partial charge is 0.251 e. The van der Waals surface area contributed by atoms with Gasteiger partial charge >= 0.3 is 0 Å². The first-order valence-corrected chi connectivity index (χ1v) is 11.3. The Bertz CT molecular complexity index is 1280. The molecule has 0 spiro atoms. The number of hydrogen-bond donors (Lipinski definition) is 2. The van der Waals surface area contributed by atoms with Gasteiger partial charge in [-0.3, -0.25) is 14.3 Å². The molecule has 6 heteroatoms. The van der Waals surface area contributed by atoms with Crippen LogP contribution in [0, 0.1) is 13.8 Å². The molecule has 0 saturated carbocycles. The Labute approximate surface area is 199 Å². The zero-order chi connectivity index (χ0) is 23.9. The summed E-state index contributed by atoms with van der Waals surface area (Å²) in [5.74, 6) is -0.522. The first kappa shape index (κ1) is 23.0. The average Bonchev–Trinajstić information content (AvgIpc) is 3.26. The molecule has 0 atom stereocenters. The van der Waals surface area contributed by atoms with Gasteiger partial charge in [-0.2, -0.15) is 5.10 Å². The molecule has 1 aromatic heterocycles. The van der Waals surface area contributed by atoms with Crippen molar-refractivity contribution in [2.24, 2.45) is 0 Å². The second-order valence-corrected chi connectivity index (χ2v) is 8.31. The van der Waals surface area contributed by atoms with Gasteiger partial charge in [-0.25, -0.2) is 0 Å². The lowest BCUT2D eigenvalue weighted by molar-refractivity contribution is -0.120. The molecule has 0 radical (unpaired) electrons. The molecule has 0 bridgehead atoms. The molecule has 0 aliphatic rings. The standard InChI is InChI=1S/C28H28N4O2/c1-20-13-14-24(15-21(20)2)28(34)30-17-26(33)29-16-25-19-32(18-22-9-5-3-6-10-22)31-27(25)23-11-7-4-8-12-23/h3-15,19H,16-18H2,1-2H3,(H,29,33)(H,30,34). The summed E-state index contributed by atoms with van der Waals surface area (Å²) in [6.07, 6.45) is 1.96. The van der Waals surface area contributed by atoms with Crippen LogP contribution in [0.3, 0.4) is 0 Å². The number of aromatic nitrogens is 2. The number of hydrogen-bond acceptors (Lipinski definition) is 3. The Morgan fingerprint density at radius 1 is 0.853 bits per heavy atom. The van der Waals surface area contributed by atoms with E-state index in [1.54, 1.807) is 6.07 Å². The van der Waals surface area contributed by atoms with Crippen LogP contribution in [-0.4, -0.2) is 28.1 Å². The first-order valence-electron chi connectivity index (χ1n) is 11.3. The van der Waals surface area contributed by atoms with Crippen molar-refractivity contribution >= 4 is 11.8 Å². The zero-order valence-electron chi connectivity index (χ0n) is 19.4. The van der Waals surface area contributed by atoms with E-state index in [-0.39, 0.29) is 18.4 Å². The number of benzene rings is 3. The minimum Gasteiger partial charge on any atom is -0.350 e. The van der Waals surface area contributed by atoms with E-state index in [1.165, 1.54) is 0 Å². The van der Waals surface area contributed by atoms with Gasteiger partial charge in [0.2, 0.25) is 5.91 Å². The molecule has 0 aliphatic carbocycles. The van der Waals surface area contributed by atoms with Gasteiger partial charge in [0, 0.05) is 29.4 Å². The Morgan fingerprint density at radius 3 is 2.26 bits per heavy atom. The number of nitrogens with one attached hydrogen (secondary N) is 2. The molecule has 1 heterocycles. The summed E-state index contributed by atoms with van der Waals surface area (Å²) in [4.78, 5) is 24.9. The highest BCUT2D eigenvalue weighted by Crippen LogP contribution is 2.22. The van der Waals surface area contributed by atoms with Gasteiger partial charge in [0.05, 0.1) is 18.8 Å². The fraction of sp³-hybridized carbons (Fsp3) is 0.179. The van der Waals surface area contributed by atoms with E-state index in [2.05, 4.69) is 22.8 Å². The lowest BCUT2D eigenvalue weighted by Gasteiger charge is -2.08. The van der Waals surface area contributed by atoms with Crippen LogP contribution in [0.5, 0.6) is 0 Å². The van der Waals surface area contributed by atoms with Crippen LogP contribution >= 0.6 is 0 Å². The Kier molecular flexibility index (Phi) is 7.18. The van der Waals surface area contributed by atoms with E-state index in [0.717, 1.165) is 33.5 Å². The number of aryl methyl sites for hydroxylation is 2. The number of amides is 2. The topological polar surface area (TPSA) is 76.0 Å². The number of carbonyl (C=O) groups is 2. The van der Waals surface area contributed by atoms with Gasteiger partial charge in [0.15, 0.2) is 0 Å². The molecular weight excluding hydrogens is 424 g/mol. The lowest BCUT2D eigenvalue weighted by atomic mass is 10.1. The molecule has 6 nitrogen and oxygen atoms in total. The second kappa shape index (κ2) is 10.6. The highest BCUT2D eigenvalue weighted by atomic mass is 16.2. The summed E-state index contributed by atoms with van der Waals surface area (Å²) in [7, 11) is 0. The number of carbonyl (C=O) groups excluding carboxylic acids is 2. The first-order chi connectivity index (χ1) is 16.5. The van der Waals surface area contributed by atoms with Crippen LogP contribution in [0.15, 0.2) is 85.1 Å². The average molecular weight is 453 g/mol. The van der Waals surface area contributed by atoms with Crippen LogP contribution in [-0.2, 0) is 17.9 Å². The van der Waals surface area contributed by atoms with Gasteiger partial charge in [-0.05, 0) is 42.7 Å². The predicted molar refractivity (Wildman–Crippen MR) is 133 cm³/mol. The van der Waals surface area contributed by atoms with Gasteiger partial charge in [-0.1, -0.05) is 66.7 Å². The molecular formula is C28H28N4O2. The highest BCUT2D eigenvalue weighted by molar-refractivity contribution is 5.96. The van der Waals surface area contributed by atoms with Crippen molar-refractivity contribution in [1.82, 2.24) is 20.4 Å². The molecule has 0 saturated heterocycles. The normalized spacial score (nSPS) is 10.6. The summed E-state index contributed by atoms with van der Waals surface area (Å²) < 4.78 is 1.89. The molecule has 2 N–H and O–H groups in total. The van der Waals surface area contributed by atoms with Gasteiger partial charge in [0.1, 0.15) is 0 Å². The van der Waals surface area contributed by atoms with E-state index in [0.29, 0.717) is 18.7 Å². The van der Waals surface area contributed by atoms with Crippen molar-refractivity contribution in [3.05, 3.63) is 113 Å². The van der Waals surface area contributed by atoms with Gasteiger partial charge < -0.3 is 10.6 Å². The van der Waals surface area contributed by atoms with E-state index in [4.69, 9.17) is 5.10 Å². The Morgan fingerprint density at radius 2 is 1.56 bits per heavy atom. The van der Waals surface area contributed by atoms with Crippen molar-refractivity contribution in [3.8, 4) is 11.3 Å². The van der Waals surface area contributed by atoms with Crippen LogP contribution < -0.4 is 10.6 Å². The molecule has 0 aliphatic heterocycles. The fourth-order valence-electron chi connectivity index (χ4n) is 3.68. The minimum atomic E-state index is -0.265. The molecule has 2 amide bonds. The van der Waals surface area contributed by atoms with Crippen molar-refractivity contribution in [1.29, 1.82) is 0 Å². The molecule has 0 unspecified atom stereocenters. The summed E-state index contributed by atoms with van der Waals surface area (Å²) in [5.41, 5.74) is 6.58. The van der Waals surface area contributed by atoms with E-state index < -0.39 is 0 Å². The second-order valence-electron chi connectivity index (χ2n) is 8.31. The molecule has 0 fully saturated rings. The Balaban J connectivity index is 1.41. The van der Waals surface area contributed by atoms with E-state index in [9.17, 15) is 9.59 Å². The van der Waals surface area contributed by atoms with E-state index >= 15 is 0 Å². The molecule has 4 aromatic rings. The summed E-state index contributed by atoms with van der Waals surface area (Å²) >= 11 is 0. The number of rotatable bonds is 8. The molecule has 3 aromatic carbocycles. The maximum atomic E-state index is 12.5. The van der Waals surface area contributed by atoms with Crippen molar-refractivity contribution in [2.45, 2.75) is 26.9 Å². The monoisotopic (exact) mass is 452 g/mol. The highest BCUT2D eigenvalue weighted by Gasteiger charge is 2.14. The molecule has 4 rings (SSSR count). The third kappa shape index (κ3) is 5.78. The van der Waals surface area contributed by atoms with Gasteiger partial charge in [-0.15, -0.1) is 0 Å². The number of nitrogens with zero attached hydrogens (tertiary/aromatic N) is 2. The minimum absolute atomic E-state index is 0.0927. The maximum absolute atomic E-state index is 12.5. The van der Waals surface area contributed by atoms with Crippen molar-refractivity contribution in [2.75, 3.05) is 6.54 Å². The predicted octanol–water partition coefficient (Wildman–Crippen LogP) is 4.26. The molecule has 172 valence electrons. The lowest BCUT2D eigenvalue weighted by Crippen LogP contribution is -2.36. The summed E-state index contributed by atoms with van der Waals surface area (Å²) in [5, 5.41) is 10.4. The fourth-order valence-corrected chi connectivity index (χ4v) is 3.68. The van der Waals surface area contributed by atoms with Gasteiger partial charge in [0.25, 0.3) is 5.91 Å². The SMILES string of the molecule is Cc1ccc(C(=O)NCC(=O)NCc2cn(Cc3ccccc3)nc2-c2ccccc2)cc1C. The largest absolute Gasteiger partial charge is 0.350 e. The van der Waals surface area contributed by atoms with Crippen LogP contribution in [0.25, 0.3) is 11.3 Å². The Hall–Kier alpha value is -4.19. The van der Waals surface area contributed by atoms with Crippen molar-refractivity contribution in [3.63, 3.8) is 0 Å².